The topological polar surface area (TPSA) is 75.7 Å². The zero-order chi connectivity index (χ0) is 20.4. The van der Waals surface area contributed by atoms with Crippen LogP contribution in [-0.2, 0) is 14.8 Å². The van der Waals surface area contributed by atoms with Crippen LogP contribution >= 0.6 is 0 Å². The maximum atomic E-state index is 13.6. The van der Waals surface area contributed by atoms with E-state index >= 15 is 0 Å². The van der Waals surface area contributed by atoms with Crippen LogP contribution in [0.5, 0.6) is 5.75 Å². The molecule has 2 rings (SSSR count). The predicted molar refractivity (Wildman–Crippen MR) is 99.5 cm³/mol. The molecule has 0 aliphatic heterocycles. The van der Waals surface area contributed by atoms with E-state index in [-0.39, 0.29) is 5.69 Å². The molecular weight excluding hydrogens is 378 g/mol. The van der Waals surface area contributed by atoms with Gasteiger partial charge in [0, 0.05) is 6.07 Å². The fraction of sp³-hybridized carbons (Fsp3) is 0.278. The van der Waals surface area contributed by atoms with Crippen LogP contribution in [0.3, 0.4) is 0 Å². The van der Waals surface area contributed by atoms with E-state index in [2.05, 4.69) is 5.32 Å². The first-order chi connectivity index (χ1) is 12.5. The minimum absolute atomic E-state index is 0.157. The van der Waals surface area contributed by atoms with E-state index < -0.39 is 33.6 Å². The first-order valence-corrected chi connectivity index (χ1v) is 9.79. The number of carbonyl (C=O) groups is 1. The Morgan fingerprint density at radius 1 is 1.15 bits per heavy atom. The van der Waals surface area contributed by atoms with Gasteiger partial charge in [-0.15, -0.1) is 0 Å². The molecule has 27 heavy (non-hydrogen) atoms. The van der Waals surface area contributed by atoms with Gasteiger partial charge in [-0.05, 0) is 43.7 Å². The molecule has 2 aromatic carbocycles. The molecule has 6 nitrogen and oxygen atoms in total. The number of methoxy groups -OCH3 is 1. The van der Waals surface area contributed by atoms with Crippen molar-refractivity contribution in [3.8, 4) is 5.75 Å². The van der Waals surface area contributed by atoms with E-state index in [1.807, 2.05) is 6.92 Å². The Morgan fingerprint density at radius 3 is 2.37 bits per heavy atom. The quantitative estimate of drug-likeness (QED) is 0.811. The summed E-state index contributed by atoms with van der Waals surface area (Å²) in [6.45, 7) is 3.17. The Balaban J connectivity index is 2.38. The Labute approximate surface area is 156 Å². The fourth-order valence-corrected chi connectivity index (χ4v) is 3.75. The fourth-order valence-electron chi connectivity index (χ4n) is 2.59. The number of nitrogens with zero attached hydrogens (tertiary/aromatic N) is 1. The number of nitrogens with one attached hydrogen (secondary N) is 1. The number of hydrogen-bond acceptors (Lipinski definition) is 4. The molecule has 0 saturated heterocycles. The van der Waals surface area contributed by atoms with Crippen LogP contribution in [0.15, 0.2) is 36.4 Å². The lowest BCUT2D eigenvalue weighted by Gasteiger charge is -2.28. The van der Waals surface area contributed by atoms with E-state index in [1.165, 1.54) is 14.0 Å². The monoisotopic (exact) mass is 398 g/mol. The average molecular weight is 398 g/mol. The molecule has 1 N–H and O–H groups in total. The van der Waals surface area contributed by atoms with Crippen molar-refractivity contribution in [2.24, 2.45) is 0 Å². The molecule has 1 atom stereocenters. The number of aryl methyl sites for hydroxylation is 1. The van der Waals surface area contributed by atoms with Gasteiger partial charge in [0.15, 0.2) is 11.6 Å². The number of hydrogen-bond donors (Lipinski definition) is 1. The van der Waals surface area contributed by atoms with Crippen LogP contribution < -0.4 is 14.4 Å². The molecule has 2 aromatic rings. The smallest absolute Gasteiger partial charge is 0.248 e. The Kier molecular flexibility index (Phi) is 6.04. The Morgan fingerprint density at radius 2 is 1.81 bits per heavy atom. The molecule has 0 radical (unpaired) electrons. The molecule has 9 heteroatoms. The van der Waals surface area contributed by atoms with Crippen molar-refractivity contribution in [2.75, 3.05) is 23.0 Å². The number of amides is 1. The van der Waals surface area contributed by atoms with Crippen LogP contribution in [0.4, 0.5) is 20.2 Å². The second-order valence-corrected chi connectivity index (χ2v) is 7.89. The number of carbonyl (C=O) groups excluding carboxylic acids is 1. The molecule has 0 aromatic heterocycles. The summed E-state index contributed by atoms with van der Waals surface area (Å²) in [7, 11) is -2.52. The molecule has 0 aliphatic carbocycles. The highest BCUT2D eigenvalue weighted by molar-refractivity contribution is 7.92. The van der Waals surface area contributed by atoms with Gasteiger partial charge in [-0.3, -0.25) is 9.10 Å². The van der Waals surface area contributed by atoms with Crippen molar-refractivity contribution in [2.45, 2.75) is 19.9 Å². The molecule has 0 aliphatic rings. The summed E-state index contributed by atoms with van der Waals surface area (Å²) in [6.07, 6.45) is 0.880. The number of benzene rings is 2. The van der Waals surface area contributed by atoms with Crippen LogP contribution in [0.25, 0.3) is 0 Å². The standard InChI is InChI=1S/C18H20F2N2O4S/c1-11-5-8-17(26-3)16(9-11)21-18(23)12(2)22(27(4,24)25)13-6-7-14(19)15(20)10-13/h5-10,12H,1-4H3,(H,21,23)/t12-/m1/s1. The molecule has 0 fully saturated rings. The van der Waals surface area contributed by atoms with Crippen LogP contribution in [-0.4, -0.2) is 33.7 Å². The molecule has 0 bridgehead atoms. The maximum Gasteiger partial charge on any atom is 0.248 e. The van der Waals surface area contributed by atoms with Gasteiger partial charge in [-0.1, -0.05) is 6.07 Å². The number of anilines is 2. The van der Waals surface area contributed by atoms with Gasteiger partial charge in [-0.2, -0.15) is 0 Å². The second-order valence-electron chi connectivity index (χ2n) is 6.03. The molecule has 0 saturated carbocycles. The van der Waals surface area contributed by atoms with Crippen LogP contribution in [0.1, 0.15) is 12.5 Å². The van der Waals surface area contributed by atoms with Crippen LogP contribution in [0.2, 0.25) is 0 Å². The summed E-state index contributed by atoms with van der Waals surface area (Å²) in [5.41, 5.74) is 1.07. The third-order valence-corrected chi connectivity index (χ3v) is 5.10. The van der Waals surface area contributed by atoms with Gasteiger partial charge >= 0.3 is 0 Å². The van der Waals surface area contributed by atoms with E-state index in [9.17, 15) is 22.0 Å². The van der Waals surface area contributed by atoms with Gasteiger partial charge < -0.3 is 10.1 Å². The first kappa shape index (κ1) is 20.6. The highest BCUT2D eigenvalue weighted by Gasteiger charge is 2.30. The Hall–Kier alpha value is -2.68. The van der Waals surface area contributed by atoms with Gasteiger partial charge in [0.05, 0.1) is 24.7 Å². The van der Waals surface area contributed by atoms with Gasteiger partial charge in [-0.25, -0.2) is 17.2 Å². The largest absolute Gasteiger partial charge is 0.495 e. The lowest BCUT2D eigenvalue weighted by atomic mass is 10.2. The second kappa shape index (κ2) is 7.91. The summed E-state index contributed by atoms with van der Waals surface area (Å²) in [4.78, 5) is 12.7. The lowest BCUT2D eigenvalue weighted by Crippen LogP contribution is -2.45. The molecule has 0 heterocycles. The van der Waals surface area contributed by atoms with Crippen LogP contribution in [0, 0.1) is 18.6 Å². The molecule has 0 unspecified atom stereocenters. The average Bonchev–Trinajstić information content (AvgIpc) is 2.57. The molecule has 0 spiro atoms. The summed E-state index contributed by atoms with van der Waals surface area (Å²) < 4.78 is 57.1. The minimum Gasteiger partial charge on any atom is -0.495 e. The number of ether oxygens (including phenoxy) is 1. The van der Waals surface area contributed by atoms with E-state index in [0.29, 0.717) is 11.4 Å². The van der Waals surface area contributed by atoms with Gasteiger partial charge in [0.1, 0.15) is 11.8 Å². The van der Waals surface area contributed by atoms with Crippen molar-refractivity contribution in [3.63, 3.8) is 0 Å². The predicted octanol–water partition coefficient (Wildman–Crippen LogP) is 3.08. The number of halogens is 2. The highest BCUT2D eigenvalue weighted by Crippen LogP contribution is 2.27. The summed E-state index contributed by atoms with van der Waals surface area (Å²) in [6, 6.07) is 6.53. The summed E-state index contributed by atoms with van der Waals surface area (Å²) >= 11 is 0. The zero-order valence-corrected chi connectivity index (χ0v) is 16.1. The maximum absolute atomic E-state index is 13.6. The number of sulfonamides is 1. The summed E-state index contributed by atoms with van der Waals surface area (Å²) in [5.74, 6) is -2.59. The van der Waals surface area contributed by atoms with Crippen molar-refractivity contribution in [1.29, 1.82) is 0 Å². The SMILES string of the molecule is COc1ccc(C)cc1NC(=O)[C@@H](C)N(c1ccc(F)c(F)c1)S(C)(=O)=O. The molecular formula is C18H20F2N2O4S. The first-order valence-electron chi connectivity index (χ1n) is 7.94. The minimum atomic E-state index is -3.96. The zero-order valence-electron chi connectivity index (χ0n) is 15.3. The van der Waals surface area contributed by atoms with E-state index in [0.717, 1.165) is 34.3 Å². The third kappa shape index (κ3) is 4.73. The van der Waals surface area contributed by atoms with E-state index in [1.54, 1.807) is 18.2 Å². The van der Waals surface area contributed by atoms with Crippen molar-refractivity contribution < 1.29 is 26.7 Å². The van der Waals surface area contributed by atoms with Crippen molar-refractivity contribution >= 4 is 27.3 Å². The lowest BCUT2D eigenvalue weighted by molar-refractivity contribution is -0.116. The summed E-state index contributed by atoms with van der Waals surface area (Å²) in [5, 5.41) is 2.61. The molecule has 1 amide bonds. The Bertz CT molecular complexity index is 964. The van der Waals surface area contributed by atoms with Crippen molar-refractivity contribution in [1.82, 2.24) is 0 Å². The van der Waals surface area contributed by atoms with Crippen molar-refractivity contribution in [3.05, 3.63) is 53.6 Å². The van der Waals surface area contributed by atoms with Gasteiger partial charge in [0.25, 0.3) is 0 Å². The number of rotatable bonds is 6. The molecule has 146 valence electrons. The highest BCUT2D eigenvalue weighted by atomic mass is 32.2. The normalized spacial score (nSPS) is 12.4. The third-order valence-electron chi connectivity index (χ3n) is 3.86. The van der Waals surface area contributed by atoms with Gasteiger partial charge in [0.2, 0.25) is 15.9 Å². The van der Waals surface area contributed by atoms with E-state index in [4.69, 9.17) is 4.74 Å².